The minimum Gasteiger partial charge on any atom is -0.437 e. The fourth-order valence-electron chi connectivity index (χ4n) is 1.35. The van der Waals surface area contributed by atoms with Gasteiger partial charge in [-0.2, -0.15) is 4.98 Å². The lowest BCUT2D eigenvalue weighted by molar-refractivity contribution is 0.444. The Hall–Kier alpha value is -1.39. The monoisotopic (exact) mass is 297 g/mol. The van der Waals surface area contributed by atoms with Gasteiger partial charge < -0.3 is 4.74 Å². The van der Waals surface area contributed by atoms with E-state index in [0.29, 0.717) is 27.6 Å². The van der Waals surface area contributed by atoms with Crippen LogP contribution in [0.1, 0.15) is 26.6 Å². The topological polar surface area (TPSA) is 47.9 Å². The van der Waals surface area contributed by atoms with Crippen LogP contribution >= 0.6 is 23.2 Å². The molecular formula is C13H13Cl2N3O. The maximum absolute atomic E-state index is 5.98. The molecule has 0 aliphatic carbocycles. The van der Waals surface area contributed by atoms with Crippen LogP contribution in [0.25, 0.3) is 0 Å². The van der Waals surface area contributed by atoms with Gasteiger partial charge in [0.15, 0.2) is 0 Å². The lowest BCUT2D eigenvalue weighted by Crippen LogP contribution is -2.16. The van der Waals surface area contributed by atoms with Gasteiger partial charge in [-0.05, 0) is 0 Å². The molecule has 2 aromatic rings. The van der Waals surface area contributed by atoms with Crippen molar-refractivity contribution in [3.8, 4) is 11.6 Å². The number of pyridine rings is 1. The normalized spacial score (nSPS) is 11.4. The Morgan fingerprint density at radius 1 is 1.05 bits per heavy atom. The molecule has 0 amide bonds. The molecule has 0 aromatic carbocycles. The molecule has 0 radical (unpaired) electrons. The highest BCUT2D eigenvalue weighted by molar-refractivity contribution is 6.30. The molecule has 6 heteroatoms. The third-order valence-corrected chi connectivity index (χ3v) is 2.64. The lowest BCUT2D eigenvalue weighted by atomic mass is 9.96. The average molecular weight is 298 g/mol. The minimum absolute atomic E-state index is 0.213. The second-order valence-corrected chi connectivity index (χ2v) is 5.87. The first kappa shape index (κ1) is 14.0. The van der Waals surface area contributed by atoms with E-state index >= 15 is 0 Å². The summed E-state index contributed by atoms with van der Waals surface area (Å²) >= 11 is 11.8. The summed E-state index contributed by atoms with van der Waals surface area (Å²) in [6, 6.07) is 3.21. The Labute approximate surface area is 121 Å². The van der Waals surface area contributed by atoms with E-state index in [4.69, 9.17) is 27.9 Å². The first-order valence-corrected chi connectivity index (χ1v) is 6.44. The fraction of sp³-hybridized carbons (Fsp3) is 0.308. The van der Waals surface area contributed by atoms with Crippen LogP contribution in [0.5, 0.6) is 11.6 Å². The average Bonchev–Trinajstić information content (AvgIpc) is 2.26. The summed E-state index contributed by atoms with van der Waals surface area (Å²) in [5.74, 6) is 1.49. The Morgan fingerprint density at radius 2 is 1.79 bits per heavy atom. The summed E-state index contributed by atoms with van der Waals surface area (Å²) < 4.78 is 5.59. The molecule has 0 spiro atoms. The molecular weight excluding hydrogens is 285 g/mol. The van der Waals surface area contributed by atoms with Crippen LogP contribution < -0.4 is 4.74 Å². The molecule has 0 bridgehead atoms. The fourth-order valence-corrected chi connectivity index (χ4v) is 1.69. The highest BCUT2D eigenvalue weighted by Crippen LogP contribution is 2.26. The van der Waals surface area contributed by atoms with Gasteiger partial charge in [0.1, 0.15) is 16.7 Å². The van der Waals surface area contributed by atoms with Gasteiger partial charge >= 0.3 is 0 Å². The molecule has 0 aliphatic heterocycles. The van der Waals surface area contributed by atoms with Gasteiger partial charge in [0.05, 0.1) is 11.2 Å². The SMILES string of the molecule is CC(C)(C)c1nc(Cl)cc(Oc2cncc(Cl)c2)n1. The van der Waals surface area contributed by atoms with E-state index in [1.54, 1.807) is 18.3 Å². The highest BCUT2D eigenvalue weighted by Gasteiger charge is 2.19. The van der Waals surface area contributed by atoms with Crippen LogP contribution in [0.3, 0.4) is 0 Å². The van der Waals surface area contributed by atoms with Crippen LogP contribution in [0.2, 0.25) is 10.2 Å². The lowest BCUT2D eigenvalue weighted by Gasteiger charge is -2.17. The predicted molar refractivity (Wildman–Crippen MR) is 75.1 cm³/mol. The summed E-state index contributed by atoms with van der Waals surface area (Å²) in [6.07, 6.45) is 3.08. The number of hydrogen-bond donors (Lipinski definition) is 0. The van der Waals surface area contributed by atoms with Crippen LogP contribution in [0, 0.1) is 0 Å². The minimum atomic E-state index is -0.213. The summed E-state index contributed by atoms with van der Waals surface area (Å²) in [6.45, 7) is 6.01. The van der Waals surface area contributed by atoms with Crippen molar-refractivity contribution < 1.29 is 4.74 Å². The molecule has 2 heterocycles. The van der Waals surface area contributed by atoms with Gasteiger partial charge in [0.25, 0.3) is 0 Å². The van der Waals surface area contributed by atoms with Gasteiger partial charge in [-0.1, -0.05) is 44.0 Å². The van der Waals surface area contributed by atoms with E-state index in [9.17, 15) is 0 Å². The second-order valence-electron chi connectivity index (χ2n) is 5.04. The zero-order valence-corrected chi connectivity index (χ0v) is 12.3. The van der Waals surface area contributed by atoms with E-state index in [1.165, 1.54) is 6.20 Å². The molecule has 0 fully saturated rings. The van der Waals surface area contributed by atoms with Crippen molar-refractivity contribution in [1.82, 2.24) is 15.0 Å². The van der Waals surface area contributed by atoms with Gasteiger partial charge in [-0.15, -0.1) is 0 Å². The third kappa shape index (κ3) is 3.78. The molecule has 0 saturated heterocycles. The Balaban J connectivity index is 2.33. The zero-order valence-electron chi connectivity index (χ0n) is 10.8. The molecule has 0 aliphatic rings. The van der Waals surface area contributed by atoms with Crippen molar-refractivity contribution in [3.63, 3.8) is 0 Å². The van der Waals surface area contributed by atoms with Crippen molar-refractivity contribution in [3.05, 3.63) is 40.5 Å². The van der Waals surface area contributed by atoms with Crippen molar-refractivity contribution in [2.75, 3.05) is 0 Å². The quantitative estimate of drug-likeness (QED) is 0.777. The molecule has 4 nitrogen and oxygen atoms in total. The van der Waals surface area contributed by atoms with E-state index in [0.717, 1.165) is 0 Å². The van der Waals surface area contributed by atoms with Crippen molar-refractivity contribution in [2.45, 2.75) is 26.2 Å². The van der Waals surface area contributed by atoms with E-state index in [-0.39, 0.29) is 5.41 Å². The first-order valence-electron chi connectivity index (χ1n) is 5.68. The summed E-state index contributed by atoms with van der Waals surface area (Å²) in [7, 11) is 0. The van der Waals surface area contributed by atoms with Crippen molar-refractivity contribution in [2.24, 2.45) is 0 Å². The molecule has 0 saturated carbocycles. The van der Waals surface area contributed by atoms with Crippen molar-refractivity contribution >= 4 is 23.2 Å². The van der Waals surface area contributed by atoms with Crippen LogP contribution in [0.15, 0.2) is 24.5 Å². The van der Waals surface area contributed by atoms with E-state index < -0.39 is 0 Å². The molecule has 0 N–H and O–H groups in total. The van der Waals surface area contributed by atoms with Gasteiger partial charge in [0, 0.05) is 23.7 Å². The molecule has 2 rings (SSSR count). The predicted octanol–water partition coefficient (Wildman–Crippen LogP) is 4.27. The summed E-state index contributed by atoms with van der Waals surface area (Å²) in [4.78, 5) is 12.5. The van der Waals surface area contributed by atoms with E-state index in [2.05, 4.69) is 15.0 Å². The Bertz CT molecular complexity index is 597. The Morgan fingerprint density at radius 3 is 2.42 bits per heavy atom. The summed E-state index contributed by atoms with van der Waals surface area (Å²) in [5, 5.41) is 0.832. The second kappa shape index (κ2) is 5.31. The highest BCUT2D eigenvalue weighted by atomic mass is 35.5. The number of rotatable bonds is 2. The standard InChI is InChI=1S/C13H13Cl2N3O/c1-13(2,3)12-17-10(15)5-11(18-12)19-9-4-8(14)6-16-7-9/h4-7H,1-3H3. The van der Waals surface area contributed by atoms with E-state index in [1.807, 2.05) is 20.8 Å². The first-order chi connectivity index (χ1) is 8.84. The summed E-state index contributed by atoms with van der Waals surface area (Å²) in [5.41, 5.74) is -0.213. The number of aromatic nitrogens is 3. The molecule has 2 aromatic heterocycles. The van der Waals surface area contributed by atoms with Crippen LogP contribution in [-0.2, 0) is 5.41 Å². The maximum Gasteiger partial charge on any atom is 0.224 e. The number of halogens is 2. The molecule has 100 valence electrons. The number of ether oxygens (including phenoxy) is 1. The maximum atomic E-state index is 5.98. The van der Waals surface area contributed by atoms with Crippen LogP contribution in [0.4, 0.5) is 0 Å². The van der Waals surface area contributed by atoms with Gasteiger partial charge in [-0.3, -0.25) is 4.98 Å². The number of nitrogens with zero attached hydrogens (tertiary/aromatic N) is 3. The largest absolute Gasteiger partial charge is 0.437 e. The smallest absolute Gasteiger partial charge is 0.224 e. The zero-order chi connectivity index (χ0) is 14.0. The number of hydrogen-bond acceptors (Lipinski definition) is 4. The third-order valence-electron chi connectivity index (χ3n) is 2.24. The Kier molecular flexibility index (Phi) is 3.92. The molecule has 0 atom stereocenters. The van der Waals surface area contributed by atoms with Gasteiger partial charge in [-0.25, -0.2) is 4.98 Å². The van der Waals surface area contributed by atoms with Crippen LogP contribution in [-0.4, -0.2) is 15.0 Å². The van der Waals surface area contributed by atoms with Gasteiger partial charge in [0.2, 0.25) is 5.88 Å². The molecule has 0 unspecified atom stereocenters. The molecule has 19 heavy (non-hydrogen) atoms. The van der Waals surface area contributed by atoms with Crippen molar-refractivity contribution in [1.29, 1.82) is 0 Å².